The Bertz CT molecular complexity index is 611. The summed E-state index contributed by atoms with van der Waals surface area (Å²) < 4.78 is 26.5. The highest BCUT2D eigenvalue weighted by molar-refractivity contribution is 7.89. The predicted octanol–water partition coefficient (Wildman–Crippen LogP) is 1.52. The summed E-state index contributed by atoms with van der Waals surface area (Å²) in [5.41, 5.74) is -0.218. The van der Waals surface area contributed by atoms with Gasteiger partial charge in [0.05, 0.1) is 16.2 Å². The lowest BCUT2D eigenvalue weighted by Crippen LogP contribution is -2.36. The molecule has 0 heterocycles. The minimum absolute atomic E-state index is 0.139. The van der Waals surface area contributed by atoms with E-state index in [-0.39, 0.29) is 17.0 Å². The molecule has 0 radical (unpaired) electrons. The number of nitrogens with zero attached hydrogens (tertiary/aromatic N) is 1. The van der Waals surface area contributed by atoms with Crippen LogP contribution in [0.1, 0.15) is 26.2 Å². The van der Waals surface area contributed by atoms with Crippen LogP contribution in [0.15, 0.2) is 29.2 Å². The second kappa shape index (κ2) is 7.14. The SMILES string of the molecule is CCCC(CC(=O)O)NS(=O)(=O)c1ccc([N+](=O)[O-])cc1. The second-order valence-electron chi connectivity index (χ2n) is 4.46. The highest BCUT2D eigenvalue weighted by Gasteiger charge is 2.22. The van der Waals surface area contributed by atoms with Crippen LogP contribution in [0, 0.1) is 10.1 Å². The van der Waals surface area contributed by atoms with E-state index in [1.807, 2.05) is 6.92 Å². The average molecular weight is 316 g/mol. The number of nitrogens with one attached hydrogen (secondary N) is 1. The first kappa shape index (κ1) is 17.1. The van der Waals surface area contributed by atoms with Gasteiger partial charge in [-0.15, -0.1) is 0 Å². The number of carbonyl (C=O) groups is 1. The van der Waals surface area contributed by atoms with Gasteiger partial charge in [0, 0.05) is 18.2 Å². The molecule has 1 rings (SSSR count). The molecular formula is C12H16N2O6S. The van der Waals surface area contributed by atoms with Gasteiger partial charge in [-0.25, -0.2) is 13.1 Å². The molecule has 2 N–H and O–H groups in total. The Labute approximate surface area is 122 Å². The van der Waals surface area contributed by atoms with E-state index in [0.717, 1.165) is 24.3 Å². The van der Waals surface area contributed by atoms with Crippen LogP contribution in [0.4, 0.5) is 5.69 Å². The minimum atomic E-state index is -3.91. The predicted molar refractivity (Wildman–Crippen MR) is 74.4 cm³/mol. The zero-order valence-corrected chi connectivity index (χ0v) is 12.2. The van der Waals surface area contributed by atoms with Gasteiger partial charge in [0.1, 0.15) is 0 Å². The van der Waals surface area contributed by atoms with Crippen molar-refractivity contribution < 1.29 is 23.2 Å². The van der Waals surface area contributed by atoms with Crippen molar-refractivity contribution in [2.45, 2.75) is 37.1 Å². The van der Waals surface area contributed by atoms with Crippen LogP contribution in [-0.4, -0.2) is 30.5 Å². The monoisotopic (exact) mass is 316 g/mol. The number of nitro benzene ring substituents is 1. The van der Waals surface area contributed by atoms with E-state index in [9.17, 15) is 23.3 Å². The summed E-state index contributed by atoms with van der Waals surface area (Å²) in [7, 11) is -3.91. The first-order valence-electron chi connectivity index (χ1n) is 6.25. The van der Waals surface area contributed by atoms with Crippen molar-refractivity contribution in [2.75, 3.05) is 0 Å². The Morgan fingerprint density at radius 1 is 1.38 bits per heavy atom. The number of rotatable bonds is 8. The molecule has 8 nitrogen and oxygen atoms in total. The van der Waals surface area contributed by atoms with E-state index in [1.165, 1.54) is 0 Å². The quantitative estimate of drug-likeness (QED) is 0.553. The van der Waals surface area contributed by atoms with Gasteiger partial charge >= 0.3 is 5.97 Å². The maximum atomic E-state index is 12.1. The number of benzene rings is 1. The zero-order valence-electron chi connectivity index (χ0n) is 11.4. The van der Waals surface area contributed by atoms with E-state index in [1.54, 1.807) is 0 Å². The molecule has 0 aromatic heterocycles. The topological polar surface area (TPSA) is 127 Å². The van der Waals surface area contributed by atoms with E-state index >= 15 is 0 Å². The summed E-state index contributed by atoms with van der Waals surface area (Å²) in [6.45, 7) is 1.81. The number of aliphatic carboxylic acids is 1. The van der Waals surface area contributed by atoms with Crippen LogP contribution < -0.4 is 4.72 Å². The van der Waals surface area contributed by atoms with Gasteiger partial charge in [0.2, 0.25) is 10.0 Å². The number of sulfonamides is 1. The number of non-ortho nitro benzene ring substituents is 1. The van der Waals surface area contributed by atoms with Crippen LogP contribution in [0.3, 0.4) is 0 Å². The molecule has 1 atom stereocenters. The molecule has 1 aromatic rings. The Morgan fingerprint density at radius 3 is 2.38 bits per heavy atom. The molecule has 0 fully saturated rings. The standard InChI is InChI=1S/C12H16N2O6S/c1-2-3-9(8-12(15)16)13-21(19,20)11-6-4-10(5-7-11)14(17)18/h4-7,9,13H,2-3,8H2,1H3,(H,15,16). The maximum absolute atomic E-state index is 12.1. The van der Waals surface area contributed by atoms with Crippen molar-refractivity contribution in [2.24, 2.45) is 0 Å². The van der Waals surface area contributed by atoms with Gasteiger partial charge in [0.15, 0.2) is 0 Å². The molecule has 0 bridgehead atoms. The smallest absolute Gasteiger partial charge is 0.304 e. The molecule has 0 aliphatic rings. The number of hydrogen-bond donors (Lipinski definition) is 2. The molecule has 0 amide bonds. The summed E-state index contributed by atoms with van der Waals surface area (Å²) in [5.74, 6) is -1.10. The van der Waals surface area contributed by atoms with Crippen LogP contribution in [0.25, 0.3) is 0 Å². The Balaban J connectivity index is 2.92. The Hall–Kier alpha value is -2.00. The lowest BCUT2D eigenvalue weighted by atomic mass is 10.1. The van der Waals surface area contributed by atoms with E-state index in [0.29, 0.717) is 12.8 Å². The highest BCUT2D eigenvalue weighted by atomic mass is 32.2. The summed E-state index contributed by atoms with van der Waals surface area (Å²) in [5, 5.41) is 19.3. The summed E-state index contributed by atoms with van der Waals surface area (Å²) in [6, 6.07) is 3.68. The normalized spacial score (nSPS) is 12.8. The molecule has 0 aliphatic carbocycles. The number of hydrogen-bond acceptors (Lipinski definition) is 5. The van der Waals surface area contributed by atoms with Crippen molar-refractivity contribution in [3.8, 4) is 0 Å². The largest absolute Gasteiger partial charge is 0.481 e. The van der Waals surface area contributed by atoms with Gasteiger partial charge in [-0.05, 0) is 18.6 Å². The number of nitro groups is 1. The summed E-state index contributed by atoms with van der Waals surface area (Å²) in [6.07, 6.45) is 0.694. The first-order chi connectivity index (χ1) is 9.76. The number of carboxylic acid groups (broad SMARTS) is 1. The Kier molecular flexibility index (Phi) is 5.79. The van der Waals surface area contributed by atoms with Crippen LogP contribution >= 0.6 is 0 Å². The fourth-order valence-electron chi connectivity index (χ4n) is 1.80. The van der Waals surface area contributed by atoms with E-state index in [2.05, 4.69) is 4.72 Å². The molecule has 116 valence electrons. The lowest BCUT2D eigenvalue weighted by molar-refractivity contribution is -0.384. The maximum Gasteiger partial charge on any atom is 0.304 e. The van der Waals surface area contributed by atoms with Crippen molar-refractivity contribution in [1.29, 1.82) is 0 Å². The Morgan fingerprint density at radius 2 is 1.95 bits per heavy atom. The lowest BCUT2D eigenvalue weighted by Gasteiger charge is -2.16. The van der Waals surface area contributed by atoms with Gasteiger partial charge in [-0.2, -0.15) is 0 Å². The van der Waals surface area contributed by atoms with Crippen LogP contribution in [0.5, 0.6) is 0 Å². The third-order valence-electron chi connectivity index (χ3n) is 2.74. The van der Waals surface area contributed by atoms with Crippen molar-refractivity contribution >= 4 is 21.7 Å². The van der Waals surface area contributed by atoms with Crippen LogP contribution in [-0.2, 0) is 14.8 Å². The molecule has 0 aliphatic heterocycles. The molecule has 21 heavy (non-hydrogen) atoms. The van der Waals surface area contributed by atoms with E-state index in [4.69, 9.17) is 5.11 Å². The van der Waals surface area contributed by atoms with E-state index < -0.39 is 27.0 Å². The molecule has 0 saturated carbocycles. The van der Waals surface area contributed by atoms with Gasteiger partial charge in [0.25, 0.3) is 5.69 Å². The summed E-state index contributed by atoms with van der Waals surface area (Å²) in [4.78, 5) is 20.5. The molecule has 9 heteroatoms. The van der Waals surface area contributed by atoms with Gasteiger partial charge in [-0.1, -0.05) is 13.3 Å². The fraction of sp³-hybridized carbons (Fsp3) is 0.417. The van der Waals surface area contributed by atoms with Gasteiger partial charge < -0.3 is 5.11 Å². The third kappa shape index (κ3) is 5.12. The van der Waals surface area contributed by atoms with Crippen molar-refractivity contribution in [3.05, 3.63) is 34.4 Å². The second-order valence-corrected chi connectivity index (χ2v) is 6.17. The van der Waals surface area contributed by atoms with Gasteiger partial charge in [-0.3, -0.25) is 14.9 Å². The zero-order chi connectivity index (χ0) is 16.0. The number of carboxylic acids is 1. The van der Waals surface area contributed by atoms with Crippen LogP contribution in [0.2, 0.25) is 0 Å². The molecule has 0 saturated heterocycles. The third-order valence-corrected chi connectivity index (χ3v) is 4.27. The molecular weight excluding hydrogens is 300 g/mol. The highest BCUT2D eigenvalue weighted by Crippen LogP contribution is 2.17. The molecule has 1 aromatic carbocycles. The van der Waals surface area contributed by atoms with Crippen molar-refractivity contribution in [3.63, 3.8) is 0 Å². The first-order valence-corrected chi connectivity index (χ1v) is 7.73. The minimum Gasteiger partial charge on any atom is -0.481 e. The molecule has 1 unspecified atom stereocenters. The molecule has 0 spiro atoms. The van der Waals surface area contributed by atoms with Crippen molar-refractivity contribution in [1.82, 2.24) is 4.72 Å². The fourth-order valence-corrected chi connectivity index (χ4v) is 3.07. The summed E-state index contributed by atoms with van der Waals surface area (Å²) >= 11 is 0. The average Bonchev–Trinajstić information content (AvgIpc) is 2.37.